The number of unbranched alkanes of at least 4 members (excludes halogenated alkanes) is 2. The van der Waals surface area contributed by atoms with Crippen LogP contribution in [-0.4, -0.2) is 144 Å². The Morgan fingerprint density at radius 1 is 0.798 bits per heavy atom. The number of rotatable bonds is 29. The zero-order chi connectivity index (χ0) is 60.7. The summed E-state index contributed by atoms with van der Waals surface area (Å²) < 4.78 is 5.36. The summed E-state index contributed by atoms with van der Waals surface area (Å²) in [6.45, 7) is 10.5. The van der Waals surface area contributed by atoms with Crippen molar-refractivity contribution in [2.75, 3.05) is 67.9 Å². The van der Waals surface area contributed by atoms with Gasteiger partial charge in [0.2, 0.25) is 29.5 Å². The van der Waals surface area contributed by atoms with Gasteiger partial charge in [0, 0.05) is 106 Å². The molecule has 84 heavy (non-hydrogen) atoms. The van der Waals surface area contributed by atoms with Crippen molar-refractivity contribution in [1.82, 2.24) is 41.4 Å². The number of hydrogen-bond acceptors (Lipinski definition) is 15. The Balaban J connectivity index is 0.873. The molecule has 6 rings (SSSR count). The number of carbonyl (C=O) groups is 10. The van der Waals surface area contributed by atoms with E-state index in [0.29, 0.717) is 103 Å². The Hall–Kier alpha value is -9.16. The molecule has 450 valence electrons. The highest BCUT2D eigenvalue weighted by atomic mass is 16.5. The summed E-state index contributed by atoms with van der Waals surface area (Å²) >= 11 is 0. The largest absolute Gasteiger partial charge is 0.445 e. The zero-order valence-corrected chi connectivity index (χ0v) is 48.1. The Bertz CT molecular complexity index is 2940. The standard InChI is InChI=1S/C59H78N14O11/c1-5-28-71(6-2)57(81)42-32-40-15-16-41(33-46(40)68-47(60)34-42)54(78)67-44-19-20-48(65-35-44)72-30-23-39(24-31-72)53(77)62-26-27-64-59(83)84-36-38-13-17-43(18-14-38)66-55(79)45(11-10-25-63-58(61)82)69-56(80)52(37(3)4)70-49(74)12-8-7-9-29-73-50(75)21-22-51(73)76/h13-22,32-33,35,37,39,45,52H,5-12,23-31,34,36H2,1-4H3,(H2,60,68)(H,62,77)(H,64,83)(H,66,79)(H,67,78)(H,69,80)(H,70,74)(H3,61,63,82)/t45-,52-/m0/s1. The molecule has 3 aliphatic heterocycles. The van der Waals surface area contributed by atoms with Crippen molar-refractivity contribution in [1.29, 1.82) is 0 Å². The van der Waals surface area contributed by atoms with Crippen LogP contribution in [-0.2, 0) is 44.9 Å². The van der Waals surface area contributed by atoms with E-state index in [2.05, 4.69) is 52.1 Å². The van der Waals surface area contributed by atoms with Crippen molar-refractivity contribution in [3.63, 3.8) is 0 Å². The van der Waals surface area contributed by atoms with Gasteiger partial charge in [-0.15, -0.1) is 0 Å². The number of amides is 11. The molecule has 1 aromatic heterocycles. The number of anilines is 3. The Kier molecular flexibility index (Phi) is 24.3. The van der Waals surface area contributed by atoms with Gasteiger partial charge in [-0.05, 0) is 106 Å². The maximum Gasteiger partial charge on any atom is 0.407 e. The van der Waals surface area contributed by atoms with Gasteiger partial charge in [0.15, 0.2) is 0 Å². The molecule has 11 amide bonds. The highest BCUT2D eigenvalue weighted by Crippen LogP contribution is 2.29. The number of benzene rings is 2. The fourth-order valence-corrected chi connectivity index (χ4v) is 9.59. The van der Waals surface area contributed by atoms with Gasteiger partial charge in [0.1, 0.15) is 30.3 Å². The van der Waals surface area contributed by atoms with E-state index in [1.165, 1.54) is 12.2 Å². The summed E-state index contributed by atoms with van der Waals surface area (Å²) in [6, 6.07) is 12.4. The fourth-order valence-electron chi connectivity index (χ4n) is 9.59. The molecule has 2 atom stereocenters. The molecule has 0 bridgehead atoms. The summed E-state index contributed by atoms with van der Waals surface area (Å²) in [7, 11) is 0. The van der Waals surface area contributed by atoms with Gasteiger partial charge in [-0.25, -0.2) is 19.6 Å². The van der Waals surface area contributed by atoms with Crippen molar-refractivity contribution in [3.8, 4) is 0 Å². The first kappa shape index (κ1) is 64.0. The number of nitrogens with zero attached hydrogens (tertiary/aromatic N) is 5. The molecule has 0 aliphatic carbocycles. The van der Waals surface area contributed by atoms with Gasteiger partial charge in [0.05, 0.1) is 17.6 Å². The first-order valence-electron chi connectivity index (χ1n) is 28.6. The number of alkyl carbamates (subject to hydrolysis) is 1. The predicted octanol–water partition coefficient (Wildman–Crippen LogP) is 4.13. The number of amidine groups is 1. The van der Waals surface area contributed by atoms with Crippen molar-refractivity contribution in [2.24, 2.45) is 28.3 Å². The van der Waals surface area contributed by atoms with Crippen molar-refractivity contribution in [3.05, 3.63) is 95.2 Å². The fraction of sp³-hybridized carbons (Fsp3) is 0.458. The van der Waals surface area contributed by atoms with Crippen LogP contribution in [0.2, 0.25) is 0 Å². The third kappa shape index (κ3) is 19.5. The smallest absolute Gasteiger partial charge is 0.407 e. The lowest BCUT2D eigenvalue weighted by Gasteiger charge is -2.32. The number of hydrogen-bond donors (Lipinski definition) is 9. The number of imide groups is 1. The van der Waals surface area contributed by atoms with Gasteiger partial charge in [-0.1, -0.05) is 45.4 Å². The number of ether oxygens (including phenoxy) is 1. The molecular weight excluding hydrogens is 1080 g/mol. The number of primary amides is 1. The third-order valence-corrected chi connectivity index (χ3v) is 14.2. The molecule has 0 radical (unpaired) electrons. The number of pyridine rings is 1. The quantitative estimate of drug-likeness (QED) is 0.0349. The Morgan fingerprint density at radius 2 is 1.51 bits per heavy atom. The molecule has 1 saturated heterocycles. The molecule has 0 spiro atoms. The van der Waals surface area contributed by atoms with E-state index in [1.54, 1.807) is 79.6 Å². The second-order valence-corrected chi connectivity index (χ2v) is 21.0. The molecule has 0 unspecified atom stereocenters. The minimum Gasteiger partial charge on any atom is -0.445 e. The van der Waals surface area contributed by atoms with Crippen LogP contribution >= 0.6 is 0 Å². The van der Waals surface area contributed by atoms with E-state index in [0.717, 1.165) is 11.3 Å². The summed E-state index contributed by atoms with van der Waals surface area (Å²) in [4.78, 5) is 141. The minimum atomic E-state index is -1.06. The van der Waals surface area contributed by atoms with E-state index in [1.807, 2.05) is 19.9 Å². The monoisotopic (exact) mass is 1160 g/mol. The van der Waals surface area contributed by atoms with Crippen LogP contribution in [0.3, 0.4) is 0 Å². The number of carbonyl (C=O) groups excluding carboxylic acids is 10. The van der Waals surface area contributed by atoms with Crippen LogP contribution in [0.4, 0.5) is 32.5 Å². The maximum absolute atomic E-state index is 13.6. The number of aromatic nitrogens is 1. The number of nitrogens with two attached hydrogens (primary N) is 2. The highest BCUT2D eigenvalue weighted by Gasteiger charge is 2.30. The zero-order valence-electron chi connectivity index (χ0n) is 48.1. The SMILES string of the molecule is CCCN(CC)C(=O)C1=Cc2ccc(C(=O)Nc3ccc(N4CCC(C(=O)NCCNC(=O)OCc5ccc(NC(=O)[C@H](CCCNC(N)=O)NC(=O)[C@@H](NC(=O)CCCCCN6C(=O)C=CC6=O)C(C)C)cc5)CC4)nc3)cc2N=C(N)C1. The number of fused-ring (bicyclic) bond motifs is 1. The van der Waals surface area contributed by atoms with E-state index in [9.17, 15) is 47.9 Å². The van der Waals surface area contributed by atoms with Gasteiger partial charge in [-0.2, -0.15) is 0 Å². The van der Waals surface area contributed by atoms with E-state index in [4.69, 9.17) is 16.2 Å². The maximum atomic E-state index is 13.6. The summed E-state index contributed by atoms with van der Waals surface area (Å²) in [5.74, 6) is -2.38. The molecule has 4 heterocycles. The molecular formula is C59H78N14O11. The molecule has 25 nitrogen and oxygen atoms in total. The number of likely N-dealkylation sites (N-methyl/N-ethyl adjacent to an activating group) is 1. The van der Waals surface area contributed by atoms with Gasteiger partial charge < -0.3 is 63.2 Å². The molecule has 11 N–H and O–H groups in total. The topological polar surface area (TPSA) is 351 Å². The molecule has 1 fully saturated rings. The van der Waals surface area contributed by atoms with Crippen LogP contribution < -0.4 is 53.6 Å². The van der Waals surface area contributed by atoms with Gasteiger partial charge in [0.25, 0.3) is 17.7 Å². The van der Waals surface area contributed by atoms with Crippen LogP contribution in [0.1, 0.15) is 113 Å². The highest BCUT2D eigenvalue weighted by molar-refractivity contribution is 6.13. The Labute approximate surface area is 488 Å². The molecule has 25 heteroatoms. The van der Waals surface area contributed by atoms with E-state index in [-0.39, 0.29) is 112 Å². The summed E-state index contributed by atoms with van der Waals surface area (Å²) in [5, 5.41) is 19.1. The Morgan fingerprint density at radius 3 is 2.18 bits per heavy atom. The summed E-state index contributed by atoms with van der Waals surface area (Å²) in [6.07, 6.45) is 9.41. The number of piperidine rings is 1. The normalized spacial score (nSPS) is 14.7. The third-order valence-electron chi connectivity index (χ3n) is 14.2. The number of aliphatic imine (C=N–C) groups is 1. The van der Waals surface area contributed by atoms with Crippen molar-refractivity contribution in [2.45, 2.75) is 111 Å². The lowest BCUT2D eigenvalue weighted by Crippen LogP contribution is -2.54. The number of urea groups is 1. The van der Waals surface area contributed by atoms with Crippen molar-refractivity contribution < 1.29 is 52.7 Å². The van der Waals surface area contributed by atoms with Crippen LogP contribution in [0.15, 0.2) is 83.5 Å². The van der Waals surface area contributed by atoms with E-state index >= 15 is 0 Å². The summed E-state index contributed by atoms with van der Waals surface area (Å²) in [5.41, 5.74) is 15.0. The first-order chi connectivity index (χ1) is 40.3. The predicted molar refractivity (Wildman–Crippen MR) is 316 cm³/mol. The number of nitrogens with one attached hydrogen (secondary N) is 7. The van der Waals surface area contributed by atoms with Crippen LogP contribution in [0, 0.1) is 11.8 Å². The van der Waals surface area contributed by atoms with Crippen molar-refractivity contribution >= 4 is 94.2 Å². The van der Waals surface area contributed by atoms with Gasteiger partial charge in [-0.3, -0.25) is 43.3 Å². The average Bonchev–Trinajstić information content (AvgIpc) is 3.81. The minimum absolute atomic E-state index is 0.0827. The lowest BCUT2D eigenvalue weighted by molar-refractivity contribution is -0.137. The van der Waals surface area contributed by atoms with E-state index < -0.39 is 36.0 Å². The van der Waals surface area contributed by atoms with Crippen LogP contribution in [0.5, 0.6) is 0 Å². The first-order valence-corrected chi connectivity index (χ1v) is 28.6. The second-order valence-electron chi connectivity index (χ2n) is 21.0. The van der Waals surface area contributed by atoms with Gasteiger partial charge >= 0.3 is 12.1 Å². The lowest BCUT2D eigenvalue weighted by atomic mass is 9.96. The molecule has 3 aliphatic rings. The second kappa shape index (κ2) is 31.9. The average molecular weight is 1160 g/mol. The molecule has 2 aromatic carbocycles. The van der Waals surface area contributed by atoms with Crippen LogP contribution in [0.25, 0.3) is 6.08 Å². The molecule has 0 saturated carbocycles. The molecule has 3 aromatic rings.